The predicted octanol–water partition coefficient (Wildman–Crippen LogP) is 2.36. The van der Waals surface area contributed by atoms with Gasteiger partial charge in [0.05, 0.1) is 4.90 Å². The Labute approximate surface area is 119 Å². The monoisotopic (exact) mass is 293 g/mol. The summed E-state index contributed by atoms with van der Waals surface area (Å²) in [7, 11) is -3.52. The molecule has 0 amide bonds. The molecule has 5 heteroatoms. The van der Waals surface area contributed by atoms with E-state index in [2.05, 4.69) is 4.72 Å². The minimum absolute atomic E-state index is 0.126. The fourth-order valence-electron chi connectivity index (χ4n) is 2.79. The van der Waals surface area contributed by atoms with E-state index in [0.29, 0.717) is 18.0 Å². The Morgan fingerprint density at radius 3 is 2.60 bits per heavy atom. The summed E-state index contributed by atoms with van der Waals surface area (Å²) in [6.45, 7) is 1.97. The first kappa shape index (κ1) is 13.8. The third kappa shape index (κ3) is 2.65. The number of ketones is 1. The highest BCUT2D eigenvalue weighted by Crippen LogP contribution is 2.60. The Kier molecular flexibility index (Phi) is 3.21. The van der Waals surface area contributed by atoms with Crippen molar-refractivity contribution in [3.05, 3.63) is 29.8 Å². The van der Waals surface area contributed by atoms with Crippen LogP contribution in [-0.4, -0.2) is 20.7 Å². The maximum atomic E-state index is 12.3. The van der Waals surface area contributed by atoms with E-state index in [1.165, 1.54) is 31.9 Å². The van der Waals surface area contributed by atoms with Crippen LogP contribution in [0.4, 0.5) is 0 Å². The van der Waals surface area contributed by atoms with Crippen LogP contribution < -0.4 is 4.72 Å². The summed E-state index contributed by atoms with van der Waals surface area (Å²) < 4.78 is 27.3. The van der Waals surface area contributed by atoms with Gasteiger partial charge in [-0.25, -0.2) is 13.1 Å². The topological polar surface area (TPSA) is 63.2 Å². The highest BCUT2D eigenvalue weighted by atomic mass is 32.2. The molecule has 0 heterocycles. The summed E-state index contributed by atoms with van der Waals surface area (Å²) >= 11 is 0. The van der Waals surface area contributed by atoms with Crippen molar-refractivity contribution in [2.45, 2.75) is 37.5 Å². The van der Waals surface area contributed by atoms with Crippen molar-refractivity contribution in [1.82, 2.24) is 4.72 Å². The van der Waals surface area contributed by atoms with E-state index in [-0.39, 0.29) is 16.1 Å². The number of nitrogens with one attached hydrogen (secondary N) is 1. The molecule has 2 saturated carbocycles. The van der Waals surface area contributed by atoms with E-state index in [1.54, 1.807) is 12.1 Å². The lowest BCUT2D eigenvalue weighted by Gasteiger charge is -2.15. The molecule has 1 aromatic rings. The molecule has 1 aromatic carbocycles. The number of Topliss-reactive ketones (excluding diaryl/α,β-unsaturated/α-hetero) is 1. The lowest BCUT2D eigenvalue weighted by molar-refractivity contribution is 0.101. The maximum absolute atomic E-state index is 12.3. The van der Waals surface area contributed by atoms with E-state index in [1.807, 2.05) is 0 Å². The summed E-state index contributed by atoms with van der Waals surface area (Å²) in [4.78, 5) is 11.5. The van der Waals surface area contributed by atoms with E-state index in [4.69, 9.17) is 0 Å². The molecule has 2 aliphatic carbocycles. The molecule has 0 spiro atoms. The number of rotatable bonds is 6. The number of hydrogen-bond donors (Lipinski definition) is 1. The zero-order valence-electron chi connectivity index (χ0n) is 11.6. The molecular formula is C15H19NO3S. The van der Waals surface area contributed by atoms with Crippen LogP contribution in [0, 0.1) is 11.3 Å². The molecule has 0 unspecified atom stereocenters. The van der Waals surface area contributed by atoms with Crippen LogP contribution in [0.3, 0.4) is 0 Å². The lowest BCUT2D eigenvalue weighted by Crippen LogP contribution is -2.31. The normalized spacial score (nSPS) is 20.6. The molecule has 0 atom stereocenters. The Morgan fingerprint density at radius 1 is 1.35 bits per heavy atom. The summed E-state index contributed by atoms with van der Waals surface area (Å²) in [6, 6.07) is 6.22. The minimum Gasteiger partial charge on any atom is -0.295 e. The van der Waals surface area contributed by atoms with Crippen LogP contribution in [0.25, 0.3) is 0 Å². The number of carbonyl (C=O) groups excluding carboxylic acids is 1. The predicted molar refractivity (Wildman–Crippen MR) is 76.0 cm³/mol. The quantitative estimate of drug-likeness (QED) is 0.819. The molecule has 4 nitrogen and oxygen atoms in total. The van der Waals surface area contributed by atoms with E-state index >= 15 is 0 Å². The lowest BCUT2D eigenvalue weighted by atomic mass is 10.0. The fraction of sp³-hybridized carbons (Fsp3) is 0.533. The van der Waals surface area contributed by atoms with Gasteiger partial charge in [-0.1, -0.05) is 12.1 Å². The Bertz CT molecular complexity index is 643. The van der Waals surface area contributed by atoms with Gasteiger partial charge >= 0.3 is 0 Å². The number of carbonyl (C=O) groups is 1. The van der Waals surface area contributed by atoms with Gasteiger partial charge in [0.2, 0.25) is 10.0 Å². The highest BCUT2D eigenvalue weighted by molar-refractivity contribution is 7.89. The van der Waals surface area contributed by atoms with Crippen LogP contribution in [0.5, 0.6) is 0 Å². The first-order chi connectivity index (χ1) is 9.43. The molecule has 2 fully saturated rings. The van der Waals surface area contributed by atoms with E-state index in [9.17, 15) is 13.2 Å². The standard InChI is InChI=1S/C15H19NO3S/c1-11(17)12-3-2-4-14(9-12)20(18,19)16-10-15(7-8-15)13-5-6-13/h2-4,9,13,16H,5-8,10H2,1H3. The molecule has 2 aliphatic rings. The fourth-order valence-corrected chi connectivity index (χ4v) is 3.97. The Balaban J connectivity index is 1.74. The van der Waals surface area contributed by atoms with Crippen molar-refractivity contribution in [2.24, 2.45) is 11.3 Å². The second kappa shape index (κ2) is 4.67. The van der Waals surface area contributed by atoms with Gasteiger partial charge in [-0.2, -0.15) is 0 Å². The molecule has 0 saturated heterocycles. The second-order valence-corrected chi connectivity index (χ2v) is 7.81. The Hall–Kier alpha value is -1.20. The molecule has 3 rings (SSSR count). The number of benzene rings is 1. The smallest absolute Gasteiger partial charge is 0.240 e. The Morgan fingerprint density at radius 2 is 2.05 bits per heavy atom. The summed E-state index contributed by atoms with van der Waals surface area (Å²) in [5.41, 5.74) is 0.654. The van der Waals surface area contributed by atoms with Crippen molar-refractivity contribution in [1.29, 1.82) is 0 Å². The van der Waals surface area contributed by atoms with Crippen LogP contribution in [0.1, 0.15) is 43.0 Å². The molecular weight excluding hydrogens is 274 g/mol. The van der Waals surface area contributed by atoms with Crippen LogP contribution in [0.15, 0.2) is 29.2 Å². The van der Waals surface area contributed by atoms with Crippen LogP contribution in [0.2, 0.25) is 0 Å². The largest absolute Gasteiger partial charge is 0.295 e. The average molecular weight is 293 g/mol. The van der Waals surface area contributed by atoms with Gasteiger partial charge in [0.15, 0.2) is 5.78 Å². The number of hydrogen-bond acceptors (Lipinski definition) is 3. The third-order valence-corrected chi connectivity index (χ3v) is 5.90. The van der Waals surface area contributed by atoms with Gasteiger partial charge in [0.1, 0.15) is 0 Å². The van der Waals surface area contributed by atoms with Crippen LogP contribution in [-0.2, 0) is 10.0 Å². The van der Waals surface area contributed by atoms with Gasteiger partial charge in [0, 0.05) is 12.1 Å². The van der Waals surface area contributed by atoms with E-state index in [0.717, 1.165) is 12.8 Å². The second-order valence-electron chi connectivity index (χ2n) is 6.05. The minimum atomic E-state index is -3.52. The molecule has 0 aromatic heterocycles. The number of sulfonamides is 1. The third-order valence-electron chi connectivity index (χ3n) is 4.50. The van der Waals surface area contributed by atoms with Gasteiger partial charge in [-0.05, 0) is 56.1 Å². The molecule has 0 aliphatic heterocycles. The van der Waals surface area contributed by atoms with Crippen LogP contribution >= 0.6 is 0 Å². The zero-order chi connectivity index (χ0) is 14.4. The van der Waals surface area contributed by atoms with Crippen molar-refractivity contribution in [3.8, 4) is 0 Å². The molecule has 0 radical (unpaired) electrons. The van der Waals surface area contributed by atoms with Gasteiger partial charge in [-0.3, -0.25) is 4.79 Å². The average Bonchev–Trinajstić information content (AvgIpc) is 3.28. The van der Waals surface area contributed by atoms with Crippen molar-refractivity contribution >= 4 is 15.8 Å². The van der Waals surface area contributed by atoms with Gasteiger partial charge in [-0.15, -0.1) is 0 Å². The van der Waals surface area contributed by atoms with Crippen molar-refractivity contribution in [2.75, 3.05) is 6.54 Å². The summed E-state index contributed by atoms with van der Waals surface area (Å²) in [5.74, 6) is 0.590. The summed E-state index contributed by atoms with van der Waals surface area (Å²) in [6.07, 6.45) is 4.74. The van der Waals surface area contributed by atoms with E-state index < -0.39 is 10.0 Å². The molecule has 20 heavy (non-hydrogen) atoms. The first-order valence-corrected chi connectivity index (χ1v) is 8.52. The summed E-state index contributed by atoms with van der Waals surface area (Å²) in [5, 5.41) is 0. The van der Waals surface area contributed by atoms with Crippen molar-refractivity contribution in [3.63, 3.8) is 0 Å². The van der Waals surface area contributed by atoms with Crippen molar-refractivity contribution < 1.29 is 13.2 Å². The highest BCUT2D eigenvalue weighted by Gasteiger charge is 2.53. The zero-order valence-corrected chi connectivity index (χ0v) is 12.4. The maximum Gasteiger partial charge on any atom is 0.240 e. The molecule has 0 bridgehead atoms. The SMILES string of the molecule is CC(=O)c1cccc(S(=O)(=O)NCC2(C3CC3)CC2)c1. The molecule has 108 valence electrons. The first-order valence-electron chi connectivity index (χ1n) is 7.04. The van der Waals surface area contributed by atoms with Gasteiger partial charge in [0.25, 0.3) is 0 Å². The molecule has 1 N–H and O–H groups in total. The van der Waals surface area contributed by atoms with Gasteiger partial charge < -0.3 is 0 Å².